The van der Waals surface area contributed by atoms with Crippen LogP contribution in [0.2, 0.25) is 0 Å². The molecule has 3 rings (SSSR count). The van der Waals surface area contributed by atoms with E-state index in [9.17, 15) is 9.59 Å². The van der Waals surface area contributed by atoms with Crippen LogP contribution >= 0.6 is 0 Å². The number of benzene rings is 1. The van der Waals surface area contributed by atoms with Gasteiger partial charge < -0.3 is 25.6 Å². The van der Waals surface area contributed by atoms with Gasteiger partial charge in [-0.2, -0.15) is 0 Å². The lowest BCUT2D eigenvalue weighted by Crippen LogP contribution is -2.63. The first-order valence-electron chi connectivity index (χ1n) is 10.6. The maximum Gasteiger partial charge on any atom is 0.410 e. The standard InChI is InChI=1S/C22H33N5O3/c1-22(2,3)30-21(29)27-13-18(14-27)26-20(23-4)24-12-15-7-5-10-17(11-15)25-19(28)16-8-6-9-16/h5,7,10-11,16,18H,6,8-9,12-14H2,1-4H3,(H,25,28)(H2,23,24,26). The van der Waals surface area contributed by atoms with Crippen LogP contribution in [0.4, 0.5) is 10.5 Å². The Bertz CT molecular complexity index is 792. The largest absolute Gasteiger partial charge is 0.444 e. The molecular formula is C22H33N5O3. The van der Waals surface area contributed by atoms with Crippen molar-refractivity contribution in [1.82, 2.24) is 15.5 Å². The van der Waals surface area contributed by atoms with E-state index < -0.39 is 5.60 Å². The van der Waals surface area contributed by atoms with Gasteiger partial charge in [0.25, 0.3) is 0 Å². The second-order valence-corrected chi connectivity index (χ2v) is 8.97. The summed E-state index contributed by atoms with van der Waals surface area (Å²) < 4.78 is 5.37. The highest BCUT2D eigenvalue weighted by Crippen LogP contribution is 2.27. The molecule has 2 amide bonds. The van der Waals surface area contributed by atoms with Gasteiger partial charge in [-0.05, 0) is 51.3 Å². The van der Waals surface area contributed by atoms with Gasteiger partial charge in [0.1, 0.15) is 5.60 Å². The number of hydrogen-bond donors (Lipinski definition) is 3. The fourth-order valence-electron chi connectivity index (χ4n) is 3.29. The Hall–Kier alpha value is -2.77. The molecule has 0 spiro atoms. The number of guanidine groups is 1. The van der Waals surface area contributed by atoms with Crippen LogP contribution in [0.1, 0.15) is 45.6 Å². The van der Waals surface area contributed by atoms with E-state index in [1.54, 1.807) is 11.9 Å². The number of amides is 2. The summed E-state index contributed by atoms with van der Waals surface area (Å²) in [6, 6.07) is 7.97. The average Bonchev–Trinajstić information content (AvgIpc) is 2.57. The van der Waals surface area contributed by atoms with Gasteiger partial charge in [-0.15, -0.1) is 0 Å². The molecule has 2 aliphatic rings. The van der Waals surface area contributed by atoms with Gasteiger partial charge in [0.05, 0.1) is 6.04 Å². The van der Waals surface area contributed by atoms with Gasteiger partial charge >= 0.3 is 6.09 Å². The van der Waals surface area contributed by atoms with Gasteiger partial charge in [0.2, 0.25) is 5.91 Å². The molecule has 2 fully saturated rings. The summed E-state index contributed by atoms with van der Waals surface area (Å²) in [6.07, 6.45) is 2.83. The van der Waals surface area contributed by atoms with E-state index in [2.05, 4.69) is 20.9 Å². The summed E-state index contributed by atoms with van der Waals surface area (Å²) in [7, 11) is 1.72. The molecule has 0 unspecified atom stereocenters. The zero-order valence-electron chi connectivity index (χ0n) is 18.3. The monoisotopic (exact) mass is 415 g/mol. The van der Waals surface area contributed by atoms with E-state index >= 15 is 0 Å². The minimum absolute atomic E-state index is 0.114. The first kappa shape index (κ1) is 21.9. The Morgan fingerprint density at radius 3 is 2.57 bits per heavy atom. The molecule has 1 saturated heterocycles. The number of nitrogens with zero attached hydrogens (tertiary/aromatic N) is 2. The third kappa shape index (κ3) is 6.11. The summed E-state index contributed by atoms with van der Waals surface area (Å²) in [5, 5.41) is 9.61. The van der Waals surface area contributed by atoms with Crippen molar-refractivity contribution in [3.05, 3.63) is 29.8 Å². The lowest BCUT2D eigenvalue weighted by atomic mass is 9.85. The fraction of sp³-hybridized carbons (Fsp3) is 0.591. The minimum atomic E-state index is -0.487. The van der Waals surface area contributed by atoms with Crippen molar-refractivity contribution in [2.24, 2.45) is 10.9 Å². The molecule has 3 N–H and O–H groups in total. The minimum Gasteiger partial charge on any atom is -0.444 e. The Labute approximate surface area is 178 Å². The first-order valence-corrected chi connectivity index (χ1v) is 10.6. The molecule has 8 nitrogen and oxygen atoms in total. The molecular weight excluding hydrogens is 382 g/mol. The number of hydrogen-bond acceptors (Lipinski definition) is 4. The second kappa shape index (κ2) is 9.36. The van der Waals surface area contributed by atoms with Gasteiger partial charge in [-0.25, -0.2) is 4.79 Å². The Morgan fingerprint density at radius 1 is 1.23 bits per heavy atom. The Kier molecular flexibility index (Phi) is 6.84. The van der Waals surface area contributed by atoms with Crippen LogP contribution in [0.3, 0.4) is 0 Å². The first-order chi connectivity index (χ1) is 14.2. The van der Waals surface area contributed by atoms with E-state index in [0.717, 1.165) is 30.5 Å². The number of rotatable bonds is 5. The van der Waals surface area contributed by atoms with Crippen LogP contribution in [-0.4, -0.2) is 54.6 Å². The zero-order chi connectivity index (χ0) is 21.7. The number of ether oxygens (including phenoxy) is 1. The van der Waals surface area contributed by atoms with Crippen molar-refractivity contribution >= 4 is 23.6 Å². The topological polar surface area (TPSA) is 95.1 Å². The van der Waals surface area contributed by atoms with E-state index in [1.807, 2.05) is 45.0 Å². The Morgan fingerprint density at radius 2 is 1.97 bits per heavy atom. The van der Waals surface area contributed by atoms with Gasteiger partial charge in [0, 0.05) is 38.3 Å². The lowest BCUT2D eigenvalue weighted by molar-refractivity contribution is -0.122. The highest BCUT2D eigenvalue weighted by Gasteiger charge is 2.34. The van der Waals surface area contributed by atoms with Crippen LogP contribution < -0.4 is 16.0 Å². The van der Waals surface area contributed by atoms with E-state index in [-0.39, 0.29) is 24.0 Å². The van der Waals surface area contributed by atoms with Crippen molar-refractivity contribution in [3.8, 4) is 0 Å². The van der Waals surface area contributed by atoms with E-state index in [4.69, 9.17) is 4.74 Å². The molecule has 30 heavy (non-hydrogen) atoms. The molecule has 0 aromatic heterocycles. The number of likely N-dealkylation sites (tertiary alicyclic amines) is 1. The fourth-order valence-corrected chi connectivity index (χ4v) is 3.29. The highest BCUT2D eigenvalue weighted by atomic mass is 16.6. The summed E-state index contributed by atoms with van der Waals surface area (Å²) in [6.45, 7) is 7.33. The zero-order valence-corrected chi connectivity index (χ0v) is 18.3. The number of nitrogens with one attached hydrogen (secondary N) is 3. The molecule has 1 saturated carbocycles. The molecule has 1 aliphatic carbocycles. The average molecular weight is 416 g/mol. The number of carbonyl (C=O) groups excluding carboxylic acids is 2. The highest BCUT2D eigenvalue weighted by molar-refractivity contribution is 5.93. The maximum absolute atomic E-state index is 12.1. The van der Waals surface area contributed by atoms with Crippen LogP contribution in [0.5, 0.6) is 0 Å². The Balaban J connectivity index is 1.42. The van der Waals surface area contributed by atoms with Gasteiger partial charge in [-0.3, -0.25) is 9.79 Å². The number of anilines is 1. The predicted octanol–water partition coefficient (Wildman–Crippen LogP) is 2.71. The van der Waals surface area contributed by atoms with Crippen molar-refractivity contribution in [2.75, 3.05) is 25.5 Å². The number of carbonyl (C=O) groups is 2. The third-order valence-electron chi connectivity index (χ3n) is 5.23. The van der Waals surface area contributed by atoms with Crippen LogP contribution in [-0.2, 0) is 16.1 Å². The summed E-state index contributed by atoms with van der Waals surface area (Å²) in [5.74, 6) is 0.952. The molecule has 1 aliphatic heterocycles. The molecule has 1 aromatic rings. The SMILES string of the molecule is CN=C(NCc1cccc(NC(=O)C2CCC2)c1)NC1CN(C(=O)OC(C)(C)C)C1. The molecule has 164 valence electrons. The molecule has 1 aromatic carbocycles. The van der Waals surface area contributed by atoms with Crippen LogP contribution in [0.15, 0.2) is 29.3 Å². The van der Waals surface area contributed by atoms with E-state index in [0.29, 0.717) is 25.6 Å². The molecule has 0 bridgehead atoms. The van der Waals surface area contributed by atoms with Crippen molar-refractivity contribution in [2.45, 2.75) is 58.2 Å². The number of aliphatic imine (C=N–C) groups is 1. The van der Waals surface area contributed by atoms with Crippen LogP contribution in [0, 0.1) is 5.92 Å². The smallest absolute Gasteiger partial charge is 0.410 e. The molecule has 1 heterocycles. The summed E-state index contributed by atoms with van der Waals surface area (Å²) in [5.41, 5.74) is 1.38. The second-order valence-electron chi connectivity index (χ2n) is 8.97. The van der Waals surface area contributed by atoms with Crippen LogP contribution in [0.25, 0.3) is 0 Å². The molecule has 8 heteroatoms. The van der Waals surface area contributed by atoms with E-state index in [1.165, 1.54) is 0 Å². The van der Waals surface area contributed by atoms with Gasteiger partial charge in [0.15, 0.2) is 5.96 Å². The third-order valence-corrected chi connectivity index (χ3v) is 5.23. The quantitative estimate of drug-likeness (QED) is 0.508. The van der Waals surface area contributed by atoms with Crippen molar-refractivity contribution < 1.29 is 14.3 Å². The summed E-state index contributed by atoms with van der Waals surface area (Å²) in [4.78, 5) is 30.1. The van der Waals surface area contributed by atoms with Crippen molar-refractivity contribution in [1.29, 1.82) is 0 Å². The predicted molar refractivity (Wildman–Crippen MR) is 117 cm³/mol. The summed E-state index contributed by atoms with van der Waals surface area (Å²) >= 11 is 0. The molecule has 0 radical (unpaired) electrons. The van der Waals surface area contributed by atoms with Gasteiger partial charge in [-0.1, -0.05) is 18.6 Å². The lowest BCUT2D eigenvalue weighted by Gasteiger charge is -2.40. The normalized spacial score (nSPS) is 17.6. The van der Waals surface area contributed by atoms with Crippen molar-refractivity contribution in [3.63, 3.8) is 0 Å². The maximum atomic E-state index is 12.1. The molecule has 0 atom stereocenters.